The molecule has 0 saturated carbocycles. The summed E-state index contributed by atoms with van der Waals surface area (Å²) in [6.45, 7) is 0. The highest BCUT2D eigenvalue weighted by Crippen LogP contribution is 2.42. The van der Waals surface area contributed by atoms with Crippen molar-refractivity contribution < 1.29 is 27.3 Å². The lowest BCUT2D eigenvalue weighted by molar-refractivity contribution is -0.711. The smallest absolute Gasteiger partial charge is 0.416 e. The van der Waals surface area contributed by atoms with Gasteiger partial charge in [0.2, 0.25) is 6.04 Å². The predicted molar refractivity (Wildman–Crippen MR) is 108 cm³/mol. The Kier molecular flexibility index (Phi) is 5.42. The molecule has 1 aliphatic heterocycles. The van der Waals surface area contributed by atoms with Crippen LogP contribution in [0.25, 0.3) is 16.5 Å². The Hall–Kier alpha value is -4.10. The topological polar surface area (TPSA) is 85.2 Å². The number of aromatic nitrogens is 2. The van der Waals surface area contributed by atoms with E-state index >= 15 is 0 Å². The minimum atomic E-state index is -4.73. The highest BCUT2D eigenvalue weighted by molar-refractivity contribution is 6.14. The van der Waals surface area contributed by atoms with E-state index in [2.05, 4.69) is 10.3 Å². The van der Waals surface area contributed by atoms with Gasteiger partial charge in [-0.1, -0.05) is 18.2 Å². The number of benzene rings is 1. The molecule has 0 unspecified atom stereocenters. The Morgan fingerprint density at radius 2 is 1.59 bits per heavy atom. The Bertz CT molecular complexity index is 1230. The Morgan fingerprint density at radius 3 is 2.22 bits per heavy atom. The van der Waals surface area contributed by atoms with Crippen LogP contribution in [-0.4, -0.2) is 22.7 Å². The molecule has 1 aliphatic rings. The van der Waals surface area contributed by atoms with E-state index in [1.807, 2.05) is 0 Å². The molecule has 2 aromatic heterocycles. The standard InChI is InChI=1S/C23H15F3N4O2/c24-23(25,26)18-4-2-1-3-16(18)19-17(13-27)21(31)29-22(32)20(19)30-11-7-15(8-12-30)14-5-9-28-10-6-14/h1-12,19-20H,(H,29,31,32)/t19-,20+/m0/s1. The lowest BCUT2D eigenvalue weighted by atomic mass is 9.79. The van der Waals surface area contributed by atoms with E-state index < -0.39 is 41.1 Å². The molecule has 0 aliphatic carbocycles. The minimum absolute atomic E-state index is 0.310. The van der Waals surface area contributed by atoms with Crippen molar-refractivity contribution in [1.82, 2.24) is 10.3 Å². The van der Waals surface area contributed by atoms with Gasteiger partial charge in [-0.25, -0.2) is 0 Å². The number of carbonyl (C=O) groups is 2. The fourth-order valence-corrected chi connectivity index (χ4v) is 3.84. The van der Waals surface area contributed by atoms with Gasteiger partial charge in [-0.3, -0.25) is 25.8 Å². The van der Waals surface area contributed by atoms with Crippen molar-refractivity contribution in [3.63, 3.8) is 0 Å². The SMILES string of the molecule is [N-]=C=C1C(=O)NC(=O)[C@H]([n+]2ccc(-c3ccncc3)cc2)[C@H]1c1ccccc1C(F)(F)F. The summed E-state index contributed by atoms with van der Waals surface area (Å²) >= 11 is 0. The van der Waals surface area contributed by atoms with E-state index in [0.29, 0.717) is 0 Å². The number of piperidine rings is 1. The van der Waals surface area contributed by atoms with Gasteiger partial charge in [0.1, 0.15) is 0 Å². The summed E-state index contributed by atoms with van der Waals surface area (Å²) in [5.74, 6) is -1.49. The van der Waals surface area contributed by atoms with Crippen LogP contribution in [0, 0.1) is 0 Å². The van der Waals surface area contributed by atoms with Crippen LogP contribution in [0.2, 0.25) is 0 Å². The molecule has 1 saturated heterocycles. The first-order valence-electron chi connectivity index (χ1n) is 9.50. The monoisotopic (exact) mass is 436 g/mol. The fourth-order valence-electron chi connectivity index (χ4n) is 3.84. The number of halogens is 3. The first-order chi connectivity index (χ1) is 15.3. The average molecular weight is 436 g/mol. The largest absolute Gasteiger partial charge is 0.763 e. The number of pyridine rings is 2. The van der Waals surface area contributed by atoms with Gasteiger partial charge in [-0.2, -0.15) is 17.7 Å². The molecule has 32 heavy (non-hydrogen) atoms. The van der Waals surface area contributed by atoms with Crippen LogP contribution in [0.1, 0.15) is 23.1 Å². The van der Waals surface area contributed by atoms with Crippen molar-refractivity contribution in [2.75, 3.05) is 0 Å². The van der Waals surface area contributed by atoms with Crippen molar-refractivity contribution >= 4 is 17.7 Å². The van der Waals surface area contributed by atoms with Crippen LogP contribution in [0.5, 0.6) is 0 Å². The third-order valence-corrected chi connectivity index (χ3v) is 5.29. The van der Waals surface area contributed by atoms with Crippen molar-refractivity contribution in [1.29, 1.82) is 0 Å². The zero-order chi connectivity index (χ0) is 22.9. The van der Waals surface area contributed by atoms with Gasteiger partial charge in [0.05, 0.1) is 17.1 Å². The van der Waals surface area contributed by atoms with Crippen molar-refractivity contribution in [3.05, 3.63) is 95.4 Å². The fraction of sp³-hybridized carbons (Fsp3) is 0.130. The van der Waals surface area contributed by atoms with E-state index in [-0.39, 0.29) is 5.56 Å². The second kappa shape index (κ2) is 8.20. The zero-order valence-corrected chi connectivity index (χ0v) is 16.4. The molecule has 0 spiro atoms. The average Bonchev–Trinajstić information content (AvgIpc) is 2.79. The van der Waals surface area contributed by atoms with Crippen molar-refractivity contribution in [2.45, 2.75) is 18.1 Å². The van der Waals surface area contributed by atoms with Gasteiger partial charge in [0.15, 0.2) is 12.4 Å². The Balaban J connectivity index is 1.85. The van der Waals surface area contributed by atoms with E-state index in [0.717, 1.165) is 17.2 Å². The summed E-state index contributed by atoms with van der Waals surface area (Å²) in [4.78, 5) is 29.1. The van der Waals surface area contributed by atoms with Gasteiger partial charge < -0.3 is 5.41 Å². The molecule has 0 bridgehead atoms. The second-order valence-electron chi connectivity index (χ2n) is 7.12. The molecule has 2 atom stereocenters. The number of nitrogens with zero attached hydrogens (tertiary/aromatic N) is 3. The molecular weight excluding hydrogens is 421 g/mol. The molecule has 1 fully saturated rings. The minimum Gasteiger partial charge on any atom is -0.763 e. The van der Waals surface area contributed by atoms with E-state index in [9.17, 15) is 28.2 Å². The number of amides is 2. The van der Waals surface area contributed by atoms with Crippen molar-refractivity contribution in [3.8, 4) is 11.1 Å². The number of rotatable bonds is 3. The maximum Gasteiger partial charge on any atom is 0.416 e. The highest BCUT2D eigenvalue weighted by Gasteiger charge is 2.49. The number of imide groups is 1. The summed E-state index contributed by atoms with van der Waals surface area (Å²) in [6, 6.07) is 10.4. The quantitative estimate of drug-likeness (QED) is 0.296. The summed E-state index contributed by atoms with van der Waals surface area (Å²) in [6.07, 6.45) is 1.58. The number of hydrogen-bond acceptors (Lipinski definition) is 3. The third kappa shape index (κ3) is 3.81. The molecule has 0 radical (unpaired) electrons. The summed E-state index contributed by atoms with van der Waals surface area (Å²) in [5.41, 5.74) is -0.113. The lowest BCUT2D eigenvalue weighted by Crippen LogP contribution is -2.57. The maximum atomic E-state index is 13.7. The van der Waals surface area contributed by atoms with E-state index in [4.69, 9.17) is 0 Å². The number of alkyl halides is 3. The first kappa shape index (κ1) is 21.1. The predicted octanol–water partition coefficient (Wildman–Crippen LogP) is 3.20. The highest BCUT2D eigenvalue weighted by atomic mass is 19.4. The maximum absolute atomic E-state index is 13.7. The van der Waals surface area contributed by atoms with Crippen LogP contribution >= 0.6 is 0 Å². The normalized spacial score (nSPS) is 18.8. The molecule has 1 aromatic carbocycles. The van der Waals surface area contributed by atoms with Gasteiger partial charge in [-0.05, 0) is 34.9 Å². The molecule has 1 N–H and O–H groups in total. The molecule has 3 aromatic rings. The molecule has 3 heterocycles. The molecular formula is C23H15F3N4O2. The number of nitrogens with one attached hydrogen (secondary N) is 1. The van der Waals surface area contributed by atoms with Gasteiger partial charge in [0.25, 0.3) is 11.8 Å². The van der Waals surface area contributed by atoms with Crippen LogP contribution in [-0.2, 0) is 15.8 Å². The summed E-state index contributed by atoms with van der Waals surface area (Å²) in [5, 5.41) is 11.7. The molecule has 9 heteroatoms. The van der Waals surface area contributed by atoms with Crippen LogP contribution in [0.3, 0.4) is 0 Å². The molecule has 6 nitrogen and oxygen atoms in total. The van der Waals surface area contributed by atoms with Crippen molar-refractivity contribution in [2.24, 2.45) is 0 Å². The summed E-state index contributed by atoms with van der Waals surface area (Å²) in [7, 11) is 0. The lowest BCUT2D eigenvalue weighted by Gasteiger charge is -2.30. The zero-order valence-electron chi connectivity index (χ0n) is 16.4. The number of carbonyl (C=O) groups excluding carboxylic acids is 2. The third-order valence-electron chi connectivity index (χ3n) is 5.29. The van der Waals surface area contributed by atoms with Gasteiger partial charge >= 0.3 is 6.18 Å². The summed E-state index contributed by atoms with van der Waals surface area (Å²) < 4.78 is 42.5. The Morgan fingerprint density at radius 1 is 0.969 bits per heavy atom. The first-order valence-corrected chi connectivity index (χ1v) is 9.50. The molecule has 160 valence electrons. The van der Waals surface area contributed by atoms with Gasteiger partial charge in [0, 0.05) is 24.5 Å². The second-order valence-corrected chi connectivity index (χ2v) is 7.12. The van der Waals surface area contributed by atoms with E-state index in [1.165, 1.54) is 35.2 Å². The Labute approximate surface area is 180 Å². The molecule has 2 amide bonds. The van der Waals surface area contributed by atoms with E-state index in [1.54, 1.807) is 42.5 Å². The number of hydrogen-bond donors (Lipinski definition) is 1. The van der Waals surface area contributed by atoms with Crippen LogP contribution in [0.15, 0.2) is 78.9 Å². The van der Waals surface area contributed by atoms with Crippen LogP contribution in [0.4, 0.5) is 13.2 Å². The van der Waals surface area contributed by atoms with Crippen LogP contribution < -0.4 is 9.88 Å². The molecule has 4 rings (SSSR count). The van der Waals surface area contributed by atoms with Gasteiger partial charge in [-0.15, -0.1) is 0 Å².